The number of amides is 2. The molecule has 2 heterocycles. The van der Waals surface area contributed by atoms with Gasteiger partial charge in [-0.2, -0.15) is 0 Å². The predicted molar refractivity (Wildman–Crippen MR) is 103 cm³/mol. The highest BCUT2D eigenvalue weighted by Gasteiger charge is 2.23. The summed E-state index contributed by atoms with van der Waals surface area (Å²) in [4.78, 5) is 16.7. The van der Waals surface area contributed by atoms with Crippen LogP contribution in [0.5, 0.6) is 0 Å². The summed E-state index contributed by atoms with van der Waals surface area (Å²) in [5.41, 5.74) is 1.05. The molecule has 5 nitrogen and oxygen atoms in total. The first-order chi connectivity index (χ1) is 12.6. The van der Waals surface area contributed by atoms with Gasteiger partial charge in [0.2, 0.25) is 0 Å². The Kier molecular flexibility index (Phi) is 6.72. The molecule has 0 aromatic heterocycles. The number of hydrogen-bond acceptors (Lipinski definition) is 3. The molecule has 2 atom stereocenters. The van der Waals surface area contributed by atoms with E-state index in [4.69, 9.17) is 0 Å². The summed E-state index contributed by atoms with van der Waals surface area (Å²) < 4.78 is 13.0. The van der Waals surface area contributed by atoms with Crippen LogP contribution in [0.15, 0.2) is 24.3 Å². The fraction of sp³-hybridized carbons (Fsp3) is 0.650. The number of halogens is 1. The second kappa shape index (κ2) is 9.21. The molecular weight excluding hydrogens is 331 g/mol. The summed E-state index contributed by atoms with van der Waals surface area (Å²) in [5.74, 6) is 1.000. The Labute approximate surface area is 155 Å². The molecular formula is C20H31FN4O. The van der Waals surface area contributed by atoms with E-state index in [-0.39, 0.29) is 11.8 Å². The number of benzene rings is 1. The van der Waals surface area contributed by atoms with Gasteiger partial charge in [0.25, 0.3) is 0 Å². The highest BCUT2D eigenvalue weighted by atomic mass is 19.1. The van der Waals surface area contributed by atoms with Gasteiger partial charge in [-0.1, -0.05) is 6.92 Å². The van der Waals surface area contributed by atoms with Crippen molar-refractivity contribution in [3.05, 3.63) is 30.1 Å². The van der Waals surface area contributed by atoms with E-state index < -0.39 is 0 Å². The lowest BCUT2D eigenvalue weighted by atomic mass is 10.0. The van der Waals surface area contributed by atoms with Crippen molar-refractivity contribution in [3.63, 3.8) is 0 Å². The Balaban J connectivity index is 1.30. The molecule has 26 heavy (non-hydrogen) atoms. The van der Waals surface area contributed by atoms with Crippen LogP contribution < -0.4 is 15.5 Å². The molecule has 0 bridgehead atoms. The molecule has 0 radical (unpaired) electrons. The first-order valence-corrected chi connectivity index (χ1v) is 9.84. The minimum absolute atomic E-state index is 0.0738. The Morgan fingerprint density at radius 1 is 1.15 bits per heavy atom. The summed E-state index contributed by atoms with van der Waals surface area (Å²) in [7, 11) is 0. The SMILES string of the molecule is C[C@@H]1CCCN(CCNC(=O)NC[C@H]2CCN(c3ccc(F)cc3)C2)C1. The zero-order valence-corrected chi connectivity index (χ0v) is 15.7. The van der Waals surface area contributed by atoms with Crippen LogP contribution in [0.3, 0.4) is 0 Å². The van der Waals surface area contributed by atoms with Crippen molar-refractivity contribution < 1.29 is 9.18 Å². The smallest absolute Gasteiger partial charge is 0.314 e. The minimum Gasteiger partial charge on any atom is -0.371 e. The van der Waals surface area contributed by atoms with Gasteiger partial charge in [-0.3, -0.25) is 0 Å². The second-order valence-electron chi connectivity index (χ2n) is 7.76. The van der Waals surface area contributed by atoms with Gasteiger partial charge in [-0.05, 0) is 61.9 Å². The maximum Gasteiger partial charge on any atom is 0.314 e. The third-order valence-corrected chi connectivity index (χ3v) is 5.48. The number of rotatable bonds is 6. The van der Waals surface area contributed by atoms with Gasteiger partial charge < -0.3 is 20.4 Å². The number of carbonyl (C=O) groups is 1. The van der Waals surface area contributed by atoms with E-state index in [1.807, 2.05) is 12.1 Å². The summed E-state index contributed by atoms with van der Waals surface area (Å²) in [5, 5.41) is 5.97. The van der Waals surface area contributed by atoms with E-state index in [0.29, 0.717) is 19.0 Å². The number of carbonyl (C=O) groups excluding carboxylic acids is 1. The molecule has 1 aromatic rings. The number of likely N-dealkylation sites (tertiary alicyclic amines) is 1. The summed E-state index contributed by atoms with van der Waals surface area (Å²) in [6.45, 7) is 8.75. The van der Waals surface area contributed by atoms with Crippen molar-refractivity contribution >= 4 is 11.7 Å². The van der Waals surface area contributed by atoms with Gasteiger partial charge in [0.15, 0.2) is 0 Å². The molecule has 0 spiro atoms. The third kappa shape index (κ3) is 5.59. The van der Waals surface area contributed by atoms with Crippen LogP contribution in [0.1, 0.15) is 26.2 Å². The first kappa shape index (κ1) is 19.0. The summed E-state index contributed by atoms with van der Waals surface area (Å²) in [6, 6.07) is 6.56. The fourth-order valence-electron chi connectivity index (χ4n) is 4.00. The lowest BCUT2D eigenvalue weighted by Gasteiger charge is -2.30. The molecule has 1 aromatic carbocycles. The van der Waals surface area contributed by atoms with Crippen molar-refractivity contribution in [1.29, 1.82) is 0 Å². The number of anilines is 1. The van der Waals surface area contributed by atoms with E-state index in [1.165, 1.54) is 25.0 Å². The van der Waals surface area contributed by atoms with Crippen LogP contribution in [-0.2, 0) is 0 Å². The number of hydrogen-bond donors (Lipinski definition) is 2. The van der Waals surface area contributed by atoms with Gasteiger partial charge >= 0.3 is 6.03 Å². The van der Waals surface area contributed by atoms with E-state index in [2.05, 4.69) is 27.4 Å². The molecule has 2 fully saturated rings. The molecule has 2 saturated heterocycles. The van der Waals surface area contributed by atoms with E-state index in [0.717, 1.165) is 50.7 Å². The zero-order chi connectivity index (χ0) is 18.4. The Morgan fingerprint density at radius 3 is 2.73 bits per heavy atom. The van der Waals surface area contributed by atoms with Crippen molar-refractivity contribution in [2.24, 2.45) is 11.8 Å². The zero-order valence-electron chi connectivity index (χ0n) is 15.7. The van der Waals surface area contributed by atoms with E-state index in [1.54, 1.807) is 0 Å². The average Bonchev–Trinajstić information content (AvgIpc) is 3.10. The van der Waals surface area contributed by atoms with E-state index >= 15 is 0 Å². The molecule has 3 rings (SSSR count). The molecule has 6 heteroatoms. The molecule has 0 aliphatic carbocycles. The number of piperidine rings is 1. The number of nitrogens with one attached hydrogen (secondary N) is 2. The third-order valence-electron chi connectivity index (χ3n) is 5.48. The molecule has 2 aliphatic rings. The van der Waals surface area contributed by atoms with Crippen LogP contribution in [0, 0.1) is 17.7 Å². The topological polar surface area (TPSA) is 47.6 Å². The Bertz CT molecular complexity index is 580. The largest absolute Gasteiger partial charge is 0.371 e. The van der Waals surface area contributed by atoms with Crippen molar-refractivity contribution in [3.8, 4) is 0 Å². The van der Waals surface area contributed by atoms with Crippen molar-refractivity contribution in [2.45, 2.75) is 26.2 Å². The van der Waals surface area contributed by atoms with Gasteiger partial charge in [-0.25, -0.2) is 9.18 Å². The molecule has 144 valence electrons. The Morgan fingerprint density at radius 2 is 1.96 bits per heavy atom. The molecule has 2 aliphatic heterocycles. The highest BCUT2D eigenvalue weighted by molar-refractivity contribution is 5.73. The maximum absolute atomic E-state index is 13.0. The maximum atomic E-state index is 13.0. The fourth-order valence-corrected chi connectivity index (χ4v) is 4.00. The monoisotopic (exact) mass is 362 g/mol. The average molecular weight is 362 g/mol. The highest BCUT2D eigenvalue weighted by Crippen LogP contribution is 2.23. The molecule has 0 unspecified atom stereocenters. The van der Waals surface area contributed by atoms with Crippen molar-refractivity contribution in [2.75, 3.05) is 50.7 Å². The molecule has 2 amide bonds. The van der Waals surface area contributed by atoms with Crippen LogP contribution in [-0.4, -0.2) is 56.7 Å². The van der Waals surface area contributed by atoms with Crippen LogP contribution >= 0.6 is 0 Å². The lowest BCUT2D eigenvalue weighted by molar-refractivity contribution is 0.183. The van der Waals surface area contributed by atoms with Crippen LogP contribution in [0.2, 0.25) is 0 Å². The summed E-state index contributed by atoms with van der Waals surface area (Å²) in [6.07, 6.45) is 3.63. The number of urea groups is 1. The van der Waals surface area contributed by atoms with Gasteiger partial charge in [0.1, 0.15) is 5.82 Å². The second-order valence-corrected chi connectivity index (χ2v) is 7.76. The van der Waals surface area contributed by atoms with E-state index in [9.17, 15) is 9.18 Å². The lowest BCUT2D eigenvalue weighted by Crippen LogP contribution is -2.44. The standard InChI is InChI=1S/C20H31FN4O/c1-16-3-2-10-24(14-16)12-9-22-20(26)23-13-17-8-11-25(15-17)19-6-4-18(21)5-7-19/h4-7,16-17H,2-3,8-15H2,1H3,(H2,22,23,26)/t16-,17-/m1/s1. The van der Waals surface area contributed by atoms with Crippen molar-refractivity contribution in [1.82, 2.24) is 15.5 Å². The van der Waals surface area contributed by atoms with Crippen LogP contribution in [0.25, 0.3) is 0 Å². The predicted octanol–water partition coefficient (Wildman–Crippen LogP) is 2.68. The quantitative estimate of drug-likeness (QED) is 0.818. The number of nitrogens with zero attached hydrogens (tertiary/aromatic N) is 2. The normalized spacial score (nSPS) is 23.8. The van der Waals surface area contributed by atoms with Gasteiger partial charge in [0, 0.05) is 45.0 Å². The molecule has 2 N–H and O–H groups in total. The van der Waals surface area contributed by atoms with Crippen LogP contribution in [0.4, 0.5) is 14.9 Å². The first-order valence-electron chi connectivity index (χ1n) is 9.84. The van der Waals surface area contributed by atoms with Gasteiger partial charge in [-0.15, -0.1) is 0 Å². The summed E-state index contributed by atoms with van der Waals surface area (Å²) >= 11 is 0. The molecule has 0 saturated carbocycles. The van der Waals surface area contributed by atoms with Gasteiger partial charge in [0.05, 0.1) is 0 Å². The minimum atomic E-state index is -0.207. The Hall–Kier alpha value is -1.82.